The Morgan fingerprint density at radius 2 is 1.77 bits per heavy atom. The van der Waals surface area contributed by atoms with Crippen molar-refractivity contribution in [3.8, 4) is 5.75 Å². The lowest BCUT2D eigenvalue weighted by molar-refractivity contribution is 0.0161. The van der Waals surface area contributed by atoms with Crippen LogP contribution in [0.2, 0.25) is 0 Å². The highest BCUT2D eigenvalue weighted by atomic mass is 19.1. The number of hydrogen-bond donors (Lipinski definition) is 1. The molecule has 1 atom stereocenters. The number of nitrogens with zero attached hydrogens (tertiary/aromatic N) is 1. The number of carbonyl (C=O) groups excluding carboxylic acids is 1. The maximum absolute atomic E-state index is 13.0. The van der Waals surface area contributed by atoms with Gasteiger partial charge in [0.25, 0.3) is 5.91 Å². The molecule has 6 nitrogen and oxygen atoms in total. The Labute approximate surface area is 180 Å². The zero-order valence-corrected chi connectivity index (χ0v) is 17.1. The van der Waals surface area contributed by atoms with Crippen LogP contribution in [0.3, 0.4) is 0 Å². The second kappa shape index (κ2) is 10.2. The molecule has 31 heavy (non-hydrogen) atoms. The molecule has 0 saturated carbocycles. The van der Waals surface area contributed by atoms with E-state index in [1.165, 1.54) is 12.1 Å². The molecular weight excluding hydrogens is 399 g/mol. The molecule has 1 aliphatic rings. The minimum absolute atomic E-state index is 0.0605. The minimum atomic E-state index is -0.324. The third-order valence-corrected chi connectivity index (χ3v) is 5.21. The van der Waals surface area contributed by atoms with Crippen molar-refractivity contribution in [3.63, 3.8) is 0 Å². The van der Waals surface area contributed by atoms with Gasteiger partial charge in [-0.05, 0) is 42.0 Å². The van der Waals surface area contributed by atoms with Crippen molar-refractivity contribution in [2.75, 3.05) is 32.8 Å². The summed E-state index contributed by atoms with van der Waals surface area (Å²) in [6.45, 7) is 3.63. The molecule has 3 aromatic rings. The normalized spacial score (nSPS) is 15.4. The fourth-order valence-corrected chi connectivity index (χ4v) is 3.56. The Morgan fingerprint density at radius 1 is 1.03 bits per heavy atom. The van der Waals surface area contributed by atoms with Gasteiger partial charge in [0.15, 0.2) is 5.76 Å². The molecule has 1 aliphatic heterocycles. The summed E-state index contributed by atoms with van der Waals surface area (Å²) in [6.07, 6.45) is 0. The lowest BCUT2D eigenvalue weighted by Gasteiger charge is -2.34. The fraction of sp³-hybridized carbons (Fsp3) is 0.292. The molecule has 2 heterocycles. The molecule has 162 valence electrons. The zero-order chi connectivity index (χ0) is 21.5. The van der Waals surface area contributed by atoms with Crippen molar-refractivity contribution < 1.29 is 23.1 Å². The average molecular weight is 424 g/mol. The molecule has 1 amide bonds. The molecule has 0 aliphatic carbocycles. The zero-order valence-electron chi connectivity index (χ0n) is 17.1. The van der Waals surface area contributed by atoms with Crippen LogP contribution in [0, 0.1) is 5.82 Å². The predicted molar refractivity (Wildman–Crippen MR) is 113 cm³/mol. The molecule has 1 fully saturated rings. The quantitative estimate of drug-likeness (QED) is 0.596. The number of ether oxygens (including phenoxy) is 2. The Balaban J connectivity index is 1.35. The van der Waals surface area contributed by atoms with Crippen molar-refractivity contribution in [1.82, 2.24) is 10.2 Å². The number of halogens is 1. The number of rotatable bonds is 8. The lowest BCUT2D eigenvalue weighted by Crippen LogP contribution is -2.43. The van der Waals surface area contributed by atoms with Crippen LogP contribution in [-0.2, 0) is 11.3 Å². The molecule has 4 rings (SSSR count). The highest BCUT2D eigenvalue weighted by Crippen LogP contribution is 2.21. The van der Waals surface area contributed by atoms with E-state index in [9.17, 15) is 9.18 Å². The smallest absolute Gasteiger partial charge is 0.287 e. The third kappa shape index (κ3) is 5.71. The van der Waals surface area contributed by atoms with Crippen molar-refractivity contribution in [3.05, 3.63) is 89.6 Å². The summed E-state index contributed by atoms with van der Waals surface area (Å²) in [5, 5.41) is 2.99. The van der Waals surface area contributed by atoms with Crippen molar-refractivity contribution >= 4 is 5.91 Å². The van der Waals surface area contributed by atoms with E-state index < -0.39 is 0 Å². The molecular formula is C24H25FN2O4. The first kappa shape index (κ1) is 21.1. The van der Waals surface area contributed by atoms with E-state index in [4.69, 9.17) is 13.9 Å². The monoisotopic (exact) mass is 424 g/mol. The summed E-state index contributed by atoms with van der Waals surface area (Å²) in [5.74, 6) is 0.672. The van der Waals surface area contributed by atoms with Gasteiger partial charge in [0.1, 0.15) is 23.9 Å². The van der Waals surface area contributed by atoms with Gasteiger partial charge in [0, 0.05) is 19.6 Å². The Morgan fingerprint density at radius 3 is 2.52 bits per heavy atom. The van der Waals surface area contributed by atoms with E-state index in [1.54, 1.807) is 24.3 Å². The first-order valence-corrected chi connectivity index (χ1v) is 10.3. The number of nitrogens with one attached hydrogen (secondary N) is 1. The summed E-state index contributed by atoms with van der Waals surface area (Å²) in [5.41, 5.74) is 1.15. The van der Waals surface area contributed by atoms with Crippen molar-refractivity contribution in [1.29, 1.82) is 0 Å². The van der Waals surface area contributed by atoms with Crippen LogP contribution >= 0.6 is 0 Å². The molecule has 7 heteroatoms. The Bertz CT molecular complexity index is 969. The molecule has 0 bridgehead atoms. The average Bonchev–Trinajstić information content (AvgIpc) is 3.29. The molecule has 1 aromatic heterocycles. The summed E-state index contributed by atoms with van der Waals surface area (Å²) in [7, 11) is 0. The first-order chi connectivity index (χ1) is 15.2. The van der Waals surface area contributed by atoms with Gasteiger partial charge in [0.05, 0.1) is 19.3 Å². The van der Waals surface area contributed by atoms with Crippen molar-refractivity contribution in [2.45, 2.75) is 12.6 Å². The van der Waals surface area contributed by atoms with Gasteiger partial charge in [-0.25, -0.2) is 4.39 Å². The van der Waals surface area contributed by atoms with E-state index in [1.807, 2.05) is 18.2 Å². The van der Waals surface area contributed by atoms with Crippen LogP contribution in [0.1, 0.15) is 27.9 Å². The Hall–Kier alpha value is -3.16. The maximum atomic E-state index is 13.0. The highest BCUT2D eigenvalue weighted by Gasteiger charge is 2.23. The largest absolute Gasteiger partial charge is 0.486 e. The van der Waals surface area contributed by atoms with Gasteiger partial charge in [-0.15, -0.1) is 0 Å². The number of benzene rings is 2. The second-order valence-corrected chi connectivity index (χ2v) is 7.29. The molecule has 1 N–H and O–H groups in total. The fourth-order valence-electron chi connectivity index (χ4n) is 3.56. The maximum Gasteiger partial charge on any atom is 0.287 e. The van der Waals surface area contributed by atoms with Gasteiger partial charge in [-0.3, -0.25) is 9.69 Å². The van der Waals surface area contributed by atoms with Gasteiger partial charge >= 0.3 is 0 Å². The van der Waals surface area contributed by atoms with Gasteiger partial charge in [-0.1, -0.05) is 30.3 Å². The van der Waals surface area contributed by atoms with E-state index in [2.05, 4.69) is 22.3 Å². The van der Waals surface area contributed by atoms with Gasteiger partial charge < -0.3 is 19.2 Å². The second-order valence-electron chi connectivity index (χ2n) is 7.29. The van der Waals surface area contributed by atoms with Crippen LogP contribution in [0.25, 0.3) is 0 Å². The van der Waals surface area contributed by atoms with Crippen LogP contribution in [0.5, 0.6) is 5.75 Å². The lowest BCUT2D eigenvalue weighted by atomic mass is 10.0. The molecule has 0 radical (unpaired) electrons. The number of carbonyl (C=O) groups is 1. The summed E-state index contributed by atoms with van der Waals surface area (Å²) >= 11 is 0. The minimum Gasteiger partial charge on any atom is -0.486 e. The topological polar surface area (TPSA) is 63.9 Å². The Kier molecular flexibility index (Phi) is 6.96. The summed E-state index contributed by atoms with van der Waals surface area (Å²) in [4.78, 5) is 15.0. The van der Waals surface area contributed by atoms with E-state index in [-0.39, 0.29) is 30.1 Å². The predicted octanol–water partition coefficient (Wildman–Crippen LogP) is 3.80. The number of amides is 1. The van der Waals surface area contributed by atoms with Crippen LogP contribution < -0.4 is 10.1 Å². The van der Waals surface area contributed by atoms with E-state index in [0.29, 0.717) is 31.3 Å². The molecule has 0 spiro atoms. The summed E-state index contributed by atoms with van der Waals surface area (Å²) in [6, 6.07) is 19.3. The number of morpholine rings is 1. The van der Waals surface area contributed by atoms with Crippen LogP contribution in [0.15, 0.2) is 71.1 Å². The third-order valence-electron chi connectivity index (χ3n) is 5.21. The highest BCUT2D eigenvalue weighted by molar-refractivity contribution is 5.91. The molecule has 1 unspecified atom stereocenters. The SMILES string of the molecule is O=C(NCC(c1ccccc1)N1CCOCC1)c1ccc(COc2ccc(F)cc2)o1. The molecule has 2 aromatic carbocycles. The van der Waals surface area contributed by atoms with E-state index >= 15 is 0 Å². The standard InChI is InChI=1S/C24H25FN2O4/c25-19-6-8-20(9-7-19)30-17-21-10-11-23(31-21)24(28)26-16-22(18-4-2-1-3-5-18)27-12-14-29-15-13-27/h1-11,22H,12-17H2,(H,26,28). The van der Waals surface area contributed by atoms with Crippen molar-refractivity contribution in [2.24, 2.45) is 0 Å². The van der Waals surface area contributed by atoms with Crippen LogP contribution in [0.4, 0.5) is 4.39 Å². The van der Waals surface area contributed by atoms with Gasteiger partial charge in [0.2, 0.25) is 0 Å². The number of furan rings is 1. The van der Waals surface area contributed by atoms with Crippen LogP contribution in [-0.4, -0.2) is 43.7 Å². The summed E-state index contributed by atoms with van der Waals surface area (Å²) < 4.78 is 29.6. The molecule has 1 saturated heterocycles. The van der Waals surface area contributed by atoms with E-state index in [0.717, 1.165) is 18.7 Å². The first-order valence-electron chi connectivity index (χ1n) is 10.3. The van der Waals surface area contributed by atoms with Gasteiger partial charge in [-0.2, -0.15) is 0 Å². The number of hydrogen-bond acceptors (Lipinski definition) is 5.